The third kappa shape index (κ3) is 3.69. The first-order chi connectivity index (χ1) is 9.58. The first-order valence-corrected chi connectivity index (χ1v) is 7.20. The van der Waals surface area contributed by atoms with Crippen LogP contribution in [0.1, 0.15) is 26.2 Å². The summed E-state index contributed by atoms with van der Waals surface area (Å²) in [7, 11) is 1.76. The summed E-state index contributed by atoms with van der Waals surface area (Å²) >= 11 is 0. The van der Waals surface area contributed by atoms with Gasteiger partial charge in [0.05, 0.1) is 0 Å². The third-order valence-corrected chi connectivity index (χ3v) is 3.73. The molecule has 1 aliphatic heterocycles. The molecule has 1 aliphatic rings. The van der Waals surface area contributed by atoms with Crippen molar-refractivity contribution in [3.05, 3.63) is 16.4 Å². The molecule has 20 heavy (non-hydrogen) atoms. The molecule has 0 bridgehead atoms. The normalized spacial score (nSPS) is 17.9. The van der Waals surface area contributed by atoms with E-state index in [1.54, 1.807) is 11.6 Å². The predicted molar refractivity (Wildman–Crippen MR) is 77.8 cm³/mol. The van der Waals surface area contributed by atoms with E-state index in [0.717, 1.165) is 13.1 Å². The molecule has 112 valence electrons. The molecule has 1 fully saturated rings. The molecule has 2 rings (SSSR count). The Morgan fingerprint density at radius 1 is 1.45 bits per heavy atom. The fourth-order valence-electron chi connectivity index (χ4n) is 2.67. The monoisotopic (exact) mass is 281 g/mol. The smallest absolute Gasteiger partial charge is 0.364 e. The number of anilines is 1. The molecule has 0 amide bonds. The molecule has 0 aromatic carbocycles. The molecule has 1 aromatic rings. The Labute approximate surface area is 119 Å². The first kappa shape index (κ1) is 14.8. The lowest BCUT2D eigenvalue weighted by molar-refractivity contribution is -0.388. The lowest BCUT2D eigenvalue weighted by Crippen LogP contribution is -2.35. The van der Waals surface area contributed by atoms with Crippen molar-refractivity contribution in [3.8, 4) is 0 Å². The van der Waals surface area contributed by atoms with Gasteiger partial charge in [-0.3, -0.25) is 4.57 Å². The molecule has 7 nitrogen and oxygen atoms in total. The van der Waals surface area contributed by atoms with E-state index in [1.807, 2.05) is 0 Å². The van der Waals surface area contributed by atoms with Crippen molar-refractivity contribution in [1.29, 1.82) is 0 Å². The molecule has 0 aliphatic carbocycles. The van der Waals surface area contributed by atoms with Crippen LogP contribution in [0.4, 0.5) is 11.6 Å². The number of imidazole rings is 1. The Bertz CT molecular complexity index is 454. The van der Waals surface area contributed by atoms with Crippen LogP contribution in [0.2, 0.25) is 0 Å². The highest BCUT2D eigenvalue weighted by Crippen LogP contribution is 2.21. The Morgan fingerprint density at radius 2 is 2.15 bits per heavy atom. The molecular formula is C13H23N5O2. The van der Waals surface area contributed by atoms with E-state index in [-0.39, 0.29) is 5.82 Å². The maximum Gasteiger partial charge on any atom is 0.406 e. The van der Waals surface area contributed by atoms with Crippen molar-refractivity contribution in [2.75, 3.05) is 31.5 Å². The fraction of sp³-hybridized carbons (Fsp3) is 0.769. The van der Waals surface area contributed by atoms with Crippen molar-refractivity contribution in [2.24, 2.45) is 13.0 Å². The van der Waals surface area contributed by atoms with Gasteiger partial charge in [0.15, 0.2) is 0 Å². The summed E-state index contributed by atoms with van der Waals surface area (Å²) in [5, 5.41) is 14.0. The van der Waals surface area contributed by atoms with E-state index in [0.29, 0.717) is 11.7 Å². The van der Waals surface area contributed by atoms with Crippen LogP contribution in [0.5, 0.6) is 0 Å². The summed E-state index contributed by atoms with van der Waals surface area (Å²) in [6.45, 7) is 6.28. The molecule has 2 heterocycles. The molecule has 1 aromatic heterocycles. The van der Waals surface area contributed by atoms with Crippen LogP contribution in [-0.2, 0) is 7.05 Å². The van der Waals surface area contributed by atoms with Gasteiger partial charge in [0.1, 0.15) is 0 Å². The second-order valence-electron chi connectivity index (χ2n) is 5.63. The van der Waals surface area contributed by atoms with Gasteiger partial charge in [-0.25, -0.2) is 0 Å². The number of hydrogen-bond acceptors (Lipinski definition) is 5. The lowest BCUT2D eigenvalue weighted by Gasteiger charge is -2.29. The number of rotatable bonds is 6. The van der Waals surface area contributed by atoms with Crippen LogP contribution >= 0.6 is 0 Å². The van der Waals surface area contributed by atoms with E-state index in [4.69, 9.17) is 0 Å². The number of likely N-dealkylation sites (tertiary alicyclic amines) is 1. The average Bonchev–Trinajstić information content (AvgIpc) is 2.79. The highest BCUT2D eigenvalue weighted by Gasteiger charge is 2.20. The number of nitrogens with zero attached hydrogens (tertiary/aromatic N) is 4. The lowest BCUT2D eigenvalue weighted by atomic mass is 10.1. The van der Waals surface area contributed by atoms with E-state index >= 15 is 0 Å². The summed E-state index contributed by atoms with van der Waals surface area (Å²) in [6, 6.07) is 0. The van der Waals surface area contributed by atoms with Gasteiger partial charge in [-0.1, -0.05) is 13.3 Å². The molecule has 1 unspecified atom stereocenters. The van der Waals surface area contributed by atoms with Gasteiger partial charge in [0.2, 0.25) is 12.1 Å². The Balaban J connectivity index is 1.85. The number of aromatic nitrogens is 2. The zero-order chi connectivity index (χ0) is 14.5. The van der Waals surface area contributed by atoms with Gasteiger partial charge in [-0.05, 0) is 41.8 Å². The summed E-state index contributed by atoms with van der Waals surface area (Å²) < 4.78 is 1.66. The average molecular weight is 281 g/mol. The summed E-state index contributed by atoms with van der Waals surface area (Å²) in [5.41, 5.74) is 0. The van der Waals surface area contributed by atoms with Crippen LogP contribution in [0.15, 0.2) is 6.33 Å². The van der Waals surface area contributed by atoms with Crippen LogP contribution in [0.25, 0.3) is 0 Å². The Kier molecular flexibility index (Phi) is 4.94. The summed E-state index contributed by atoms with van der Waals surface area (Å²) in [6.07, 6.45) is 5.38. The largest absolute Gasteiger partial charge is 0.406 e. The summed E-state index contributed by atoms with van der Waals surface area (Å²) in [5.74, 6) is 0.834. The maximum absolute atomic E-state index is 10.9. The van der Waals surface area contributed by atoms with Crippen molar-refractivity contribution < 1.29 is 4.92 Å². The quantitative estimate of drug-likeness (QED) is 0.636. The molecule has 0 radical (unpaired) electrons. The maximum atomic E-state index is 10.9. The zero-order valence-electron chi connectivity index (χ0n) is 12.2. The topological polar surface area (TPSA) is 76.2 Å². The molecular weight excluding hydrogens is 258 g/mol. The molecule has 7 heteroatoms. The Morgan fingerprint density at radius 3 is 2.80 bits per heavy atom. The van der Waals surface area contributed by atoms with Gasteiger partial charge in [-0.2, -0.15) is 0 Å². The number of aryl methyl sites for hydroxylation is 1. The highest BCUT2D eigenvalue weighted by molar-refractivity contribution is 5.51. The van der Waals surface area contributed by atoms with E-state index in [9.17, 15) is 10.1 Å². The van der Waals surface area contributed by atoms with Gasteiger partial charge in [0.25, 0.3) is 0 Å². The van der Waals surface area contributed by atoms with E-state index < -0.39 is 4.92 Å². The van der Waals surface area contributed by atoms with Crippen LogP contribution in [-0.4, -0.2) is 45.6 Å². The second-order valence-corrected chi connectivity index (χ2v) is 5.63. The number of piperidine rings is 1. The van der Waals surface area contributed by atoms with Crippen molar-refractivity contribution >= 4 is 11.6 Å². The minimum Gasteiger partial charge on any atom is -0.364 e. The number of nitro groups is 1. The molecule has 0 spiro atoms. The Hall–Kier alpha value is -1.63. The minimum atomic E-state index is -0.447. The van der Waals surface area contributed by atoms with Crippen LogP contribution < -0.4 is 5.32 Å². The fourth-order valence-corrected chi connectivity index (χ4v) is 2.67. The van der Waals surface area contributed by atoms with Crippen molar-refractivity contribution in [2.45, 2.75) is 26.2 Å². The standard InChI is InChI=1S/C13H23N5O2/c1-11(9-17-6-4-3-5-7-17)8-14-12-13(18(19)20)15-10-16(12)2/h10-11,14H,3-9H2,1-2H3. The second kappa shape index (κ2) is 6.69. The van der Waals surface area contributed by atoms with E-state index in [2.05, 4.69) is 22.1 Å². The number of hydrogen-bond donors (Lipinski definition) is 1. The van der Waals surface area contributed by atoms with Gasteiger partial charge < -0.3 is 20.3 Å². The molecule has 1 atom stereocenters. The molecule has 1 saturated heterocycles. The van der Waals surface area contributed by atoms with Gasteiger partial charge in [0, 0.05) is 20.1 Å². The first-order valence-electron chi connectivity index (χ1n) is 7.20. The van der Waals surface area contributed by atoms with E-state index in [1.165, 1.54) is 38.7 Å². The van der Waals surface area contributed by atoms with Crippen molar-refractivity contribution in [3.63, 3.8) is 0 Å². The highest BCUT2D eigenvalue weighted by atomic mass is 16.6. The predicted octanol–water partition coefficient (Wildman–Crippen LogP) is 1.86. The number of nitrogens with one attached hydrogen (secondary N) is 1. The van der Waals surface area contributed by atoms with Gasteiger partial charge >= 0.3 is 5.82 Å². The zero-order valence-corrected chi connectivity index (χ0v) is 12.2. The molecule has 0 saturated carbocycles. The van der Waals surface area contributed by atoms with Crippen molar-refractivity contribution in [1.82, 2.24) is 14.5 Å². The summed E-state index contributed by atoms with van der Waals surface area (Å²) in [4.78, 5) is 16.7. The van der Waals surface area contributed by atoms with Gasteiger partial charge in [-0.15, -0.1) is 0 Å². The molecule has 1 N–H and O–H groups in total. The van der Waals surface area contributed by atoms with Crippen LogP contribution in [0.3, 0.4) is 0 Å². The minimum absolute atomic E-state index is 0.0994. The SMILES string of the molecule is CC(CNc1c([N+](=O)[O-])ncn1C)CN1CCCCC1. The third-order valence-electron chi connectivity index (χ3n) is 3.73. The van der Waals surface area contributed by atoms with Crippen LogP contribution in [0, 0.1) is 16.0 Å².